The van der Waals surface area contributed by atoms with Crippen LogP contribution in [0.15, 0.2) is 29.8 Å². The van der Waals surface area contributed by atoms with E-state index in [1.165, 1.54) is 0 Å². The summed E-state index contributed by atoms with van der Waals surface area (Å²) < 4.78 is 5.93. The van der Waals surface area contributed by atoms with Crippen LogP contribution in [-0.4, -0.2) is 40.2 Å². The second kappa shape index (κ2) is 4.90. The Morgan fingerprint density at radius 1 is 1.38 bits per heavy atom. The van der Waals surface area contributed by atoms with Gasteiger partial charge in [-0.2, -0.15) is 0 Å². The Bertz CT molecular complexity index is 636. The van der Waals surface area contributed by atoms with Crippen molar-refractivity contribution in [2.75, 3.05) is 13.1 Å². The number of aromatic nitrogens is 1. The van der Waals surface area contributed by atoms with E-state index >= 15 is 0 Å². The van der Waals surface area contributed by atoms with Crippen molar-refractivity contribution in [3.8, 4) is 0 Å². The zero-order valence-electron chi connectivity index (χ0n) is 11.5. The van der Waals surface area contributed by atoms with Crippen LogP contribution in [0, 0.1) is 6.57 Å². The molecule has 2 bridgehead atoms. The Labute approximate surface area is 128 Å². The highest BCUT2D eigenvalue weighted by molar-refractivity contribution is 6.29. The van der Waals surface area contributed by atoms with E-state index < -0.39 is 0 Å². The molecule has 6 heteroatoms. The van der Waals surface area contributed by atoms with Crippen LogP contribution >= 0.6 is 11.6 Å². The van der Waals surface area contributed by atoms with Gasteiger partial charge in [0.05, 0.1) is 12.7 Å². The average molecular weight is 303 g/mol. The molecule has 0 spiro atoms. The van der Waals surface area contributed by atoms with Crippen LogP contribution in [0.25, 0.3) is 4.85 Å². The van der Waals surface area contributed by atoms with Gasteiger partial charge in [0.25, 0.3) is 0 Å². The van der Waals surface area contributed by atoms with E-state index in [0.29, 0.717) is 5.15 Å². The van der Waals surface area contributed by atoms with Crippen LogP contribution in [0.4, 0.5) is 0 Å². The lowest BCUT2D eigenvalue weighted by molar-refractivity contribution is -0.0405. The number of fused-ring (bicyclic) bond motifs is 4. The molecule has 5 nitrogen and oxygen atoms in total. The Morgan fingerprint density at radius 3 is 3.05 bits per heavy atom. The Balaban J connectivity index is 1.65. The molecule has 1 aromatic heterocycles. The second-order valence-corrected chi connectivity index (χ2v) is 5.97. The molecule has 2 unspecified atom stereocenters. The largest absolute Gasteiger partial charge is 0.361 e. The van der Waals surface area contributed by atoms with Gasteiger partial charge in [0.1, 0.15) is 17.2 Å². The highest BCUT2D eigenvalue weighted by atomic mass is 35.5. The van der Waals surface area contributed by atoms with Gasteiger partial charge in [-0.25, -0.2) is 9.83 Å². The normalized spacial score (nSPS) is 27.0. The third-order valence-electron chi connectivity index (χ3n) is 4.34. The summed E-state index contributed by atoms with van der Waals surface area (Å²) in [6.45, 7) is 10.1. The first-order chi connectivity index (χ1) is 10.3. The van der Waals surface area contributed by atoms with Crippen LogP contribution in [0.5, 0.6) is 0 Å². The minimum Gasteiger partial charge on any atom is -0.361 e. The standard InChI is InChI=1S/C15H15ClN4O/c1-17-14-11-3-5-13(21-11)20-7-6-19(15(14)20)9-10-2-4-12(16)18-8-10/h2,4,8,11,13H,3,5-7,9H2. The smallest absolute Gasteiger partial charge is 0.232 e. The van der Waals surface area contributed by atoms with Crippen molar-refractivity contribution >= 4 is 11.6 Å². The fourth-order valence-electron chi connectivity index (χ4n) is 3.40. The van der Waals surface area contributed by atoms with Gasteiger partial charge < -0.3 is 14.5 Å². The van der Waals surface area contributed by atoms with Gasteiger partial charge in [0.2, 0.25) is 5.70 Å². The van der Waals surface area contributed by atoms with Gasteiger partial charge in [-0.3, -0.25) is 0 Å². The lowest BCUT2D eigenvalue weighted by Gasteiger charge is -2.35. The summed E-state index contributed by atoms with van der Waals surface area (Å²) in [4.78, 5) is 12.4. The van der Waals surface area contributed by atoms with E-state index in [2.05, 4.69) is 19.6 Å². The molecule has 21 heavy (non-hydrogen) atoms. The minimum atomic E-state index is -0.0114. The van der Waals surface area contributed by atoms with Crippen LogP contribution in [0.2, 0.25) is 5.15 Å². The number of halogens is 1. The maximum absolute atomic E-state index is 7.50. The molecule has 2 saturated heterocycles. The molecule has 0 saturated carbocycles. The van der Waals surface area contributed by atoms with Crippen molar-refractivity contribution in [1.29, 1.82) is 0 Å². The van der Waals surface area contributed by atoms with E-state index in [1.54, 1.807) is 6.20 Å². The molecule has 0 radical (unpaired) electrons. The maximum Gasteiger partial charge on any atom is 0.232 e. The Morgan fingerprint density at radius 2 is 2.29 bits per heavy atom. The van der Waals surface area contributed by atoms with Gasteiger partial charge in [-0.05, 0) is 24.5 Å². The quantitative estimate of drug-likeness (QED) is 0.621. The summed E-state index contributed by atoms with van der Waals surface area (Å²) >= 11 is 5.83. The molecule has 0 amide bonds. The average Bonchev–Trinajstić information content (AvgIpc) is 3.09. The predicted molar refractivity (Wildman–Crippen MR) is 77.9 cm³/mol. The molecule has 1 aromatic rings. The topological polar surface area (TPSA) is 33.0 Å². The number of hydrogen-bond donors (Lipinski definition) is 0. The summed E-state index contributed by atoms with van der Waals surface area (Å²) in [5.74, 6) is 1.07. The predicted octanol–water partition coefficient (Wildman–Crippen LogP) is 2.46. The molecule has 4 heterocycles. The molecule has 4 rings (SSSR count). The molecule has 0 N–H and O–H groups in total. The van der Waals surface area contributed by atoms with E-state index in [1.807, 2.05) is 12.1 Å². The van der Waals surface area contributed by atoms with Crippen LogP contribution in [-0.2, 0) is 11.3 Å². The van der Waals surface area contributed by atoms with Crippen LogP contribution in [0.1, 0.15) is 18.4 Å². The van der Waals surface area contributed by atoms with E-state index in [-0.39, 0.29) is 12.3 Å². The molecular formula is C15H15ClN4O. The SMILES string of the molecule is [C-]#[N+]C1=C2N(Cc3ccc(Cl)nc3)CCN2C2CCC1O2. The molecule has 3 aliphatic rings. The molecule has 3 aliphatic heterocycles. The number of rotatable bonds is 2. The second-order valence-electron chi connectivity index (χ2n) is 5.58. The highest BCUT2D eigenvalue weighted by Crippen LogP contribution is 2.41. The Hall–Kier alpha value is -1.77. The molecule has 0 aromatic carbocycles. The number of ether oxygens (including phenoxy) is 1. The molecule has 108 valence electrons. The summed E-state index contributed by atoms with van der Waals surface area (Å²) in [7, 11) is 0. The Kier molecular flexibility index (Phi) is 3.02. The fourth-order valence-corrected chi connectivity index (χ4v) is 3.51. The van der Waals surface area contributed by atoms with Gasteiger partial charge in [-0.1, -0.05) is 17.7 Å². The number of hydrogen-bond acceptors (Lipinski definition) is 4. The third kappa shape index (κ3) is 2.06. The fraction of sp³-hybridized carbons (Fsp3) is 0.467. The first-order valence-electron chi connectivity index (χ1n) is 7.15. The zero-order valence-corrected chi connectivity index (χ0v) is 12.3. The summed E-state index contributed by atoms with van der Waals surface area (Å²) in [6.07, 6.45) is 3.92. The van der Waals surface area contributed by atoms with Crippen molar-refractivity contribution in [2.24, 2.45) is 0 Å². The first kappa shape index (κ1) is 12.9. The van der Waals surface area contributed by atoms with Crippen LogP contribution < -0.4 is 0 Å². The van der Waals surface area contributed by atoms with Gasteiger partial charge >= 0.3 is 0 Å². The molecular weight excluding hydrogens is 288 g/mol. The summed E-state index contributed by atoms with van der Waals surface area (Å²) in [5, 5.41) is 0.506. The van der Waals surface area contributed by atoms with Gasteiger partial charge in [-0.15, -0.1) is 0 Å². The monoisotopic (exact) mass is 302 g/mol. The van der Waals surface area contributed by atoms with E-state index in [9.17, 15) is 0 Å². The van der Waals surface area contributed by atoms with Gasteiger partial charge in [0.15, 0.2) is 0 Å². The van der Waals surface area contributed by atoms with E-state index in [4.69, 9.17) is 22.9 Å². The van der Waals surface area contributed by atoms with E-state index in [0.717, 1.165) is 49.6 Å². The molecule has 2 atom stereocenters. The van der Waals surface area contributed by atoms with Crippen LogP contribution in [0.3, 0.4) is 0 Å². The first-order valence-corrected chi connectivity index (χ1v) is 7.53. The molecule has 2 fully saturated rings. The third-order valence-corrected chi connectivity index (χ3v) is 4.57. The lowest BCUT2D eigenvalue weighted by atomic mass is 10.2. The minimum absolute atomic E-state index is 0.0114. The van der Waals surface area contributed by atoms with Gasteiger partial charge in [0, 0.05) is 25.8 Å². The lowest BCUT2D eigenvalue weighted by Crippen LogP contribution is -2.38. The highest BCUT2D eigenvalue weighted by Gasteiger charge is 2.45. The van der Waals surface area contributed by atoms with Crippen molar-refractivity contribution in [1.82, 2.24) is 14.8 Å². The molecule has 0 aliphatic carbocycles. The number of nitrogens with zero attached hydrogens (tertiary/aromatic N) is 4. The number of pyridine rings is 1. The van der Waals surface area contributed by atoms with Crippen molar-refractivity contribution in [2.45, 2.75) is 31.7 Å². The zero-order chi connectivity index (χ0) is 14.4. The summed E-state index contributed by atoms with van der Waals surface area (Å²) in [5.41, 5.74) is 1.88. The van der Waals surface area contributed by atoms with Crippen molar-refractivity contribution in [3.63, 3.8) is 0 Å². The maximum atomic E-state index is 7.50. The van der Waals surface area contributed by atoms with Crippen molar-refractivity contribution < 1.29 is 4.74 Å². The summed E-state index contributed by atoms with van der Waals surface area (Å²) in [6, 6.07) is 3.80. The van der Waals surface area contributed by atoms with Crippen molar-refractivity contribution in [3.05, 3.63) is 52.0 Å².